The maximum absolute atomic E-state index is 10.7. The fraction of sp³-hybridized carbons (Fsp3) is 0.250. The van der Waals surface area contributed by atoms with E-state index in [9.17, 15) is 10.1 Å². The summed E-state index contributed by atoms with van der Waals surface area (Å²) >= 11 is 0. The average molecular weight is 270 g/mol. The number of nitrogens with one attached hydrogen (secondary N) is 1. The number of aryl methyl sites for hydroxylation is 3. The van der Waals surface area contributed by atoms with Crippen molar-refractivity contribution in [3.8, 4) is 0 Å². The molecular formula is C16H18N2O2. The summed E-state index contributed by atoms with van der Waals surface area (Å²) in [6.45, 7) is 6.74. The van der Waals surface area contributed by atoms with Gasteiger partial charge in [-0.25, -0.2) is 0 Å². The predicted molar refractivity (Wildman–Crippen MR) is 81.1 cm³/mol. The van der Waals surface area contributed by atoms with Crippen LogP contribution in [0.1, 0.15) is 22.3 Å². The van der Waals surface area contributed by atoms with Gasteiger partial charge in [-0.05, 0) is 43.5 Å². The van der Waals surface area contributed by atoms with Crippen molar-refractivity contribution >= 4 is 11.4 Å². The second-order valence-corrected chi connectivity index (χ2v) is 5.04. The van der Waals surface area contributed by atoms with Crippen molar-refractivity contribution in [3.63, 3.8) is 0 Å². The third kappa shape index (κ3) is 3.15. The highest BCUT2D eigenvalue weighted by Crippen LogP contribution is 2.22. The number of anilines is 1. The maximum Gasteiger partial charge on any atom is 0.269 e. The van der Waals surface area contributed by atoms with E-state index < -0.39 is 0 Å². The van der Waals surface area contributed by atoms with Crippen LogP contribution in [-0.2, 0) is 6.54 Å². The molecular weight excluding hydrogens is 252 g/mol. The SMILES string of the molecule is Cc1ccc(C)c(CNc2ccc([N+](=O)[O-])cc2C)c1. The first-order chi connectivity index (χ1) is 9.47. The molecule has 4 heteroatoms. The van der Waals surface area contributed by atoms with Crippen molar-refractivity contribution in [3.05, 3.63) is 68.8 Å². The zero-order chi connectivity index (χ0) is 14.7. The fourth-order valence-corrected chi connectivity index (χ4v) is 2.14. The van der Waals surface area contributed by atoms with Crippen LogP contribution in [0.25, 0.3) is 0 Å². The molecule has 0 fully saturated rings. The van der Waals surface area contributed by atoms with Gasteiger partial charge in [-0.15, -0.1) is 0 Å². The Morgan fingerprint density at radius 3 is 2.45 bits per heavy atom. The van der Waals surface area contributed by atoms with Crippen LogP contribution in [0, 0.1) is 30.9 Å². The number of hydrogen-bond donors (Lipinski definition) is 1. The number of nitro groups is 1. The Morgan fingerprint density at radius 2 is 1.80 bits per heavy atom. The summed E-state index contributed by atoms with van der Waals surface area (Å²) in [6, 6.07) is 11.2. The molecule has 2 aromatic rings. The Hall–Kier alpha value is -2.36. The third-order valence-electron chi connectivity index (χ3n) is 3.39. The van der Waals surface area contributed by atoms with E-state index in [2.05, 4.69) is 37.4 Å². The summed E-state index contributed by atoms with van der Waals surface area (Å²) in [6.07, 6.45) is 0. The number of benzene rings is 2. The first-order valence-corrected chi connectivity index (χ1v) is 6.52. The van der Waals surface area contributed by atoms with E-state index in [1.807, 2.05) is 6.92 Å². The van der Waals surface area contributed by atoms with E-state index in [1.54, 1.807) is 12.1 Å². The lowest BCUT2D eigenvalue weighted by Gasteiger charge is -2.12. The first-order valence-electron chi connectivity index (χ1n) is 6.52. The summed E-state index contributed by atoms with van der Waals surface area (Å²) in [7, 11) is 0. The van der Waals surface area contributed by atoms with Gasteiger partial charge >= 0.3 is 0 Å². The Morgan fingerprint density at radius 1 is 1.05 bits per heavy atom. The highest BCUT2D eigenvalue weighted by atomic mass is 16.6. The van der Waals surface area contributed by atoms with Gasteiger partial charge in [0.05, 0.1) is 4.92 Å². The van der Waals surface area contributed by atoms with Crippen molar-refractivity contribution < 1.29 is 4.92 Å². The number of non-ortho nitro benzene ring substituents is 1. The van der Waals surface area contributed by atoms with Crippen molar-refractivity contribution in [2.24, 2.45) is 0 Å². The minimum Gasteiger partial charge on any atom is -0.381 e. The summed E-state index contributed by atoms with van der Waals surface area (Å²) in [4.78, 5) is 10.3. The molecule has 0 aromatic heterocycles. The molecule has 104 valence electrons. The minimum absolute atomic E-state index is 0.125. The molecule has 4 nitrogen and oxygen atoms in total. The maximum atomic E-state index is 10.7. The molecule has 0 aliphatic rings. The van der Waals surface area contributed by atoms with Crippen LogP contribution in [0.4, 0.5) is 11.4 Å². The van der Waals surface area contributed by atoms with Crippen LogP contribution in [0.3, 0.4) is 0 Å². The topological polar surface area (TPSA) is 55.2 Å². The lowest BCUT2D eigenvalue weighted by atomic mass is 10.1. The number of nitro benzene ring substituents is 1. The molecule has 0 spiro atoms. The normalized spacial score (nSPS) is 10.3. The van der Waals surface area contributed by atoms with Gasteiger partial charge in [0.25, 0.3) is 5.69 Å². The predicted octanol–water partition coefficient (Wildman–Crippen LogP) is 4.13. The highest BCUT2D eigenvalue weighted by Gasteiger charge is 2.08. The molecule has 1 N–H and O–H groups in total. The smallest absolute Gasteiger partial charge is 0.269 e. The summed E-state index contributed by atoms with van der Waals surface area (Å²) in [5.74, 6) is 0. The van der Waals surface area contributed by atoms with Gasteiger partial charge in [0.15, 0.2) is 0 Å². The molecule has 0 saturated carbocycles. The first kappa shape index (κ1) is 14.1. The molecule has 0 radical (unpaired) electrons. The number of rotatable bonds is 4. The standard InChI is InChI=1S/C16H18N2O2/c1-11-4-5-12(2)14(8-11)10-17-16-7-6-15(18(19)20)9-13(16)3/h4-9,17H,10H2,1-3H3. The largest absolute Gasteiger partial charge is 0.381 e. The zero-order valence-corrected chi connectivity index (χ0v) is 11.9. The van der Waals surface area contributed by atoms with Gasteiger partial charge in [-0.2, -0.15) is 0 Å². The van der Waals surface area contributed by atoms with Crippen LogP contribution >= 0.6 is 0 Å². The van der Waals surface area contributed by atoms with Crippen LogP contribution in [-0.4, -0.2) is 4.92 Å². The quantitative estimate of drug-likeness (QED) is 0.671. The summed E-state index contributed by atoms with van der Waals surface area (Å²) in [5.41, 5.74) is 5.64. The lowest BCUT2D eigenvalue weighted by Crippen LogP contribution is -2.03. The Bertz CT molecular complexity index is 651. The average Bonchev–Trinajstić information content (AvgIpc) is 2.40. The van der Waals surface area contributed by atoms with Gasteiger partial charge in [0.1, 0.15) is 0 Å². The molecule has 20 heavy (non-hydrogen) atoms. The van der Waals surface area contributed by atoms with E-state index in [0.717, 1.165) is 11.3 Å². The van der Waals surface area contributed by atoms with E-state index in [-0.39, 0.29) is 10.6 Å². The van der Waals surface area contributed by atoms with E-state index in [0.29, 0.717) is 6.54 Å². The zero-order valence-electron chi connectivity index (χ0n) is 11.9. The molecule has 2 aromatic carbocycles. The van der Waals surface area contributed by atoms with Gasteiger partial charge < -0.3 is 5.32 Å². The molecule has 2 rings (SSSR count). The third-order valence-corrected chi connectivity index (χ3v) is 3.39. The molecule has 0 heterocycles. The van der Waals surface area contributed by atoms with Gasteiger partial charge in [0, 0.05) is 24.4 Å². The Labute approximate surface area is 118 Å². The molecule has 0 unspecified atom stereocenters. The second kappa shape index (κ2) is 5.74. The molecule has 0 aliphatic carbocycles. The number of nitrogens with zero attached hydrogens (tertiary/aromatic N) is 1. The van der Waals surface area contributed by atoms with Crippen LogP contribution < -0.4 is 5.32 Å². The summed E-state index contributed by atoms with van der Waals surface area (Å²) < 4.78 is 0. The molecule has 0 aliphatic heterocycles. The minimum atomic E-state index is -0.374. The highest BCUT2D eigenvalue weighted by molar-refractivity contribution is 5.55. The van der Waals surface area contributed by atoms with Crippen molar-refractivity contribution in [2.75, 3.05) is 5.32 Å². The molecule has 0 amide bonds. The monoisotopic (exact) mass is 270 g/mol. The van der Waals surface area contributed by atoms with E-state index in [4.69, 9.17) is 0 Å². The molecule has 0 atom stereocenters. The van der Waals surface area contributed by atoms with Crippen LogP contribution in [0.2, 0.25) is 0 Å². The van der Waals surface area contributed by atoms with E-state index >= 15 is 0 Å². The molecule has 0 saturated heterocycles. The second-order valence-electron chi connectivity index (χ2n) is 5.04. The van der Waals surface area contributed by atoms with Gasteiger partial charge in [-0.3, -0.25) is 10.1 Å². The van der Waals surface area contributed by atoms with E-state index in [1.165, 1.54) is 22.8 Å². The molecule has 0 bridgehead atoms. The van der Waals surface area contributed by atoms with Crippen molar-refractivity contribution in [2.45, 2.75) is 27.3 Å². The van der Waals surface area contributed by atoms with Crippen LogP contribution in [0.15, 0.2) is 36.4 Å². The van der Waals surface area contributed by atoms with Gasteiger partial charge in [-0.1, -0.05) is 23.8 Å². The Balaban J connectivity index is 2.15. The van der Waals surface area contributed by atoms with Crippen molar-refractivity contribution in [1.29, 1.82) is 0 Å². The van der Waals surface area contributed by atoms with Crippen molar-refractivity contribution in [1.82, 2.24) is 0 Å². The van der Waals surface area contributed by atoms with Gasteiger partial charge in [0.2, 0.25) is 0 Å². The number of hydrogen-bond acceptors (Lipinski definition) is 3. The Kier molecular flexibility index (Phi) is 4.03. The van der Waals surface area contributed by atoms with Crippen LogP contribution in [0.5, 0.6) is 0 Å². The lowest BCUT2D eigenvalue weighted by molar-refractivity contribution is -0.384. The summed E-state index contributed by atoms with van der Waals surface area (Å²) in [5, 5.41) is 14.1. The fourth-order valence-electron chi connectivity index (χ4n) is 2.14.